The lowest BCUT2D eigenvalue weighted by Gasteiger charge is -2.26. The average molecular weight is 336 g/mol. The molecule has 0 spiro atoms. The van der Waals surface area contributed by atoms with Gasteiger partial charge in [-0.15, -0.1) is 0 Å². The minimum Gasteiger partial charge on any atom is -0.300 e. The number of carbonyl (C=O) groups excluding carboxylic acids is 1. The highest BCUT2D eigenvalue weighted by molar-refractivity contribution is 9.10. The van der Waals surface area contributed by atoms with Crippen molar-refractivity contribution in [2.45, 2.75) is 25.6 Å². The maximum Gasteiger partial charge on any atom is 0.417 e. The molecular weight excluding hydrogens is 323 g/mol. The SMILES string of the molecule is O=C1CCN(Cc2ccc(Br)c(C(F)(F)F)c2)CC1. The fraction of sp³-hybridized carbons (Fsp3) is 0.462. The molecule has 104 valence electrons. The van der Waals surface area contributed by atoms with Gasteiger partial charge in [0.25, 0.3) is 0 Å². The van der Waals surface area contributed by atoms with Crippen LogP contribution in [0.3, 0.4) is 0 Å². The third-order valence-corrected chi connectivity index (χ3v) is 3.85. The number of ketones is 1. The molecule has 0 N–H and O–H groups in total. The number of benzene rings is 1. The largest absolute Gasteiger partial charge is 0.417 e. The minimum atomic E-state index is -4.35. The van der Waals surface area contributed by atoms with Crippen molar-refractivity contribution in [2.75, 3.05) is 13.1 Å². The summed E-state index contributed by atoms with van der Waals surface area (Å²) in [6.45, 7) is 1.69. The molecule has 1 aromatic rings. The molecule has 1 heterocycles. The Labute approximate surface area is 117 Å². The predicted molar refractivity (Wildman–Crippen MR) is 68.7 cm³/mol. The Hall–Kier alpha value is -0.880. The standard InChI is InChI=1S/C13H13BrF3NO/c14-12-2-1-9(7-11(12)13(15,16)17)8-18-5-3-10(19)4-6-18/h1-2,7H,3-6,8H2. The van der Waals surface area contributed by atoms with E-state index in [0.29, 0.717) is 38.0 Å². The van der Waals surface area contributed by atoms with E-state index in [4.69, 9.17) is 0 Å². The van der Waals surface area contributed by atoms with Gasteiger partial charge in [0.1, 0.15) is 5.78 Å². The molecule has 2 rings (SSSR count). The second kappa shape index (κ2) is 5.63. The van der Waals surface area contributed by atoms with Crippen LogP contribution in [-0.2, 0) is 17.5 Å². The van der Waals surface area contributed by atoms with Crippen molar-refractivity contribution in [1.82, 2.24) is 4.90 Å². The van der Waals surface area contributed by atoms with E-state index in [1.807, 2.05) is 4.90 Å². The van der Waals surface area contributed by atoms with Crippen LogP contribution in [0.5, 0.6) is 0 Å². The Morgan fingerprint density at radius 3 is 2.42 bits per heavy atom. The number of hydrogen-bond donors (Lipinski definition) is 0. The number of alkyl halides is 3. The Kier molecular flexibility index (Phi) is 4.30. The number of hydrogen-bond acceptors (Lipinski definition) is 2. The summed E-state index contributed by atoms with van der Waals surface area (Å²) in [5, 5.41) is 0. The van der Waals surface area contributed by atoms with Crippen LogP contribution in [-0.4, -0.2) is 23.8 Å². The smallest absolute Gasteiger partial charge is 0.300 e. The molecule has 0 bridgehead atoms. The van der Waals surface area contributed by atoms with Gasteiger partial charge in [0.05, 0.1) is 5.56 Å². The monoisotopic (exact) mass is 335 g/mol. The van der Waals surface area contributed by atoms with E-state index in [0.717, 1.165) is 0 Å². The maximum atomic E-state index is 12.8. The van der Waals surface area contributed by atoms with Gasteiger partial charge in [-0.25, -0.2) is 0 Å². The molecule has 1 fully saturated rings. The fourth-order valence-corrected chi connectivity index (χ4v) is 2.58. The van der Waals surface area contributed by atoms with E-state index in [-0.39, 0.29) is 10.3 Å². The second-order valence-electron chi connectivity index (χ2n) is 4.63. The molecule has 0 aliphatic carbocycles. The number of Topliss-reactive ketones (excluding diaryl/α,β-unsaturated/α-hetero) is 1. The molecule has 0 unspecified atom stereocenters. The normalized spacial score (nSPS) is 17.8. The Morgan fingerprint density at radius 2 is 1.84 bits per heavy atom. The first-order valence-electron chi connectivity index (χ1n) is 5.96. The highest BCUT2D eigenvalue weighted by atomic mass is 79.9. The topological polar surface area (TPSA) is 20.3 Å². The minimum absolute atomic E-state index is 0.0533. The molecule has 1 aliphatic rings. The van der Waals surface area contributed by atoms with Crippen LogP contribution in [0, 0.1) is 0 Å². The zero-order chi connectivity index (χ0) is 14.0. The summed E-state index contributed by atoms with van der Waals surface area (Å²) < 4.78 is 38.4. The van der Waals surface area contributed by atoms with E-state index in [9.17, 15) is 18.0 Å². The summed E-state index contributed by atoms with van der Waals surface area (Å²) in [6.07, 6.45) is -3.38. The molecule has 0 aromatic heterocycles. The predicted octanol–water partition coefficient (Wildman–Crippen LogP) is 3.63. The number of carbonyl (C=O) groups is 1. The second-order valence-corrected chi connectivity index (χ2v) is 5.48. The van der Waals surface area contributed by atoms with Crippen LogP contribution >= 0.6 is 15.9 Å². The van der Waals surface area contributed by atoms with Gasteiger partial charge >= 0.3 is 6.18 Å². The van der Waals surface area contributed by atoms with Gasteiger partial charge in [-0.2, -0.15) is 13.2 Å². The van der Waals surface area contributed by atoms with Crippen molar-refractivity contribution in [1.29, 1.82) is 0 Å². The number of rotatable bonds is 2. The number of halogens is 4. The molecule has 0 amide bonds. The molecule has 0 atom stereocenters. The quantitative estimate of drug-likeness (QED) is 0.822. The molecule has 19 heavy (non-hydrogen) atoms. The van der Waals surface area contributed by atoms with Gasteiger partial charge in [-0.3, -0.25) is 9.69 Å². The van der Waals surface area contributed by atoms with Gasteiger partial charge < -0.3 is 0 Å². The Bertz CT molecular complexity index is 477. The zero-order valence-electron chi connectivity index (χ0n) is 10.1. The summed E-state index contributed by atoms with van der Waals surface area (Å²) in [6, 6.07) is 4.27. The molecule has 2 nitrogen and oxygen atoms in total. The van der Waals surface area contributed by atoms with Gasteiger partial charge in [-0.1, -0.05) is 22.0 Å². The molecular formula is C13H13BrF3NO. The molecule has 1 saturated heterocycles. The number of piperidine rings is 1. The zero-order valence-corrected chi connectivity index (χ0v) is 11.7. The lowest BCUT2D eigenvalue weighted by Crippen LogP contribution is -2.33. The first kappa shape index (κ1) is 14.5. The van der Waals surface area contributed by atoms with Crippen molar-refractivity contribution in [2.24, 2.45) is 0 Å². The summed E-state index contributed by atoms with van der Waals surface area (Å²) in [7, 11) is 0. The number of likely N-dealkylation sites (tertiary alicyclic amines) is 1. The van der Waals surface area contributed by atoms with Crippen molar-refractivity contribution < 1.29 is 18.0 Å². The first-order valence-corrected chi connectivity index (χ1v) is 6.75. The lowest BCUT2D eigenvalue weighted by molar-refractivity contribution is -0.138. The third-order valence-electron chi connectivity index (χ3n) is 3.16. The number of nitrogens with zero attached hydrogens (tertiary/aromatic N) is 1. The molecule has 0 saturated carbocycles. The molecule has 1 aliphatic heterocycles. The Balaban J connectivity index is 2.11. The van der Waals surface area contributed by atoms with Gasteiger partial charge in [0.2, 0.25) is 0 Å². The van der Waals surface area contributed by atoms with Gasteiger partial charge in [-0.05, 0) is 17.7 Å². The van der Waals surface area contributed by atoms with Crippen LogP contribution in [0.4, 0.5) is 13.2 Å². The molecule has 0 radical (unpaired) electrons. The van der Waals surface area contributed by atoms with E-state index in [1.54, 1.807) is 6.07 Å². The van der Waals surface area contributed by atoms with Crippen LogP contribution in [0.1, 0.15) is 24.0 Å². The van der Waals surface area contributed by atoms with E-state index in [1.165, 1.54) is 12.1 Å². The van der Waals surface area contributed by atoms with E-state index in [2.05, 4.69) is 15.9 Å². The highest BCUT2D eigenvalue weighted by Gasteiger charge is 2.33. The lowest BCUT2D eigenvalue weighted by atomic mass is 10.1. The summed E-state index contributed by atoms with van der Waals surface area (Å²) >= 11 is 2.92. The van der Waals surface area contributed by atoms with Crippen molar-refractivity contribution in [3.8, 4) is 0 Å². The third kappa shape index (κ3) is 3.79. The van der Waals surface area contributed by atoms with Gasteiger partial charge in [0.15, 0.2) is 0 Å². The summed E-state index contributed by atoms with van der Waals surface area (Å²) in [5.41, 5.74) is -0.0389. The van der Waals surface area contributed by atoms with Crippen LogP contribution in [0.25, 0.3) is 0 Å². The average Bonchev–Trinajstić information content (AvgIpc) is 2.33. The maximum absolute atomic E-state index is 12.8. The van der Waals surface area contributed by atoms with Crippen molar-refractivity contribution in [3.05, 3.63) is 33.8 Å². The van der Waals surface area contributed by atoms with Crippen molar-refractivity contribution in [3.63, 3.8) is 0 Å². The highest BCUT2D eigenvalue weighted by Crippen LogP contribution is 2.35. The first-order chi connectivity index (χ1) is 8.86. The molecule has 6 heteroatoms. The van der Waals surface area contributed by atoms with Crippen LogP contribution < -0.4 is 0 Å². The summed E-state index contributed by atoms with van der Waals surface area (Å²) in [4.78, 5) is 13.1. The molecule has 1 aromatic carbocycles. The van der Waals surface area contributed by atoms with E-state index < -0.39 is 11.7 Å². The fourth-order valence-electron chi connectivity index (χ4n) is 2.11. The van der Waals surface area contributed by atoms with Crippen LogP contribution in [0.15, 0.2) is 22.7 Å². The Morgan fingerprint density at radius 1 is 1.21 bits per heavy atom. The van der Waals surface area contributed by atoms with Crippen molar-refractivity contribution >= 4 is 21.7 Å². The van der Waals surface area contributed by atoms with Crippen LogP contribution in [0.2, 0.25) is 0 Å². The van der Waals surface area contributed by atoms with Gasteiger partial charge in [0, 0.05) is 36.9 Å². The van der Waals surface area contributed by atoms with E-state index >= 15 is 0 Å². The summed E-state index contributed by atoms with van der Waals surface area (Å²) in [5.74, 6) is 0.225.